The minimum Gasteiger partial charge on any atom is -0.508 e. The lowest BCUT2D eigenvalue weighted by Gasteiger charge is -2.49. The average Bonchev–Trinajstić information content (AvgIpc) is 3.42. The molecule has 4 atom stereocenters. The number of hydrogen-bond donors (Lipinski definition) is 1. The van der Waals surface area contributed by atoms with Gasteiger partial charge in [-0.05, 0) is 52.6 Å². The Morgan fingerprint density at radius 2 is 1.62 bits per heavy atom. The van der Waals surface area contributed by atoms with Crippen molar-refractivity contribution in [1.82, 2.24) is 13.9 Å². The van der Waals surface area contributed by atoms with E-state index >= 15 is 4.79 Å². The van der Waals surface area contributed by atoms with E-state index in [0.717, 1.165) is 15.3 Å². The standard InChI is InChI=1S/C35H27ClN4O5/c1-37-33(44)38-17-16-25-27(40(38)34(37)45)19-26-31(42)39(23-12-7-11-22(36)18-23)32(43)35(26,21-9-3-2-4-10-21)30(25)29-24-13-6-5-8-20(24)14-15-28(29)41/h2-16,18,26-27,30,41H,17,19H2,1H3/t26-,27+,30+,35+/m0/s1. The van der Waals surface area contributed by atoms with E-state index in [4.69, 9.17) is 11.6 Å². The summed E-state index contributed by atoms with van der Waals surface area (Å²) in [5, 5.41) is 13.7. The summed E-state index contributed by atoms with van der Waals surface area (Å²) in [6, 6.07) is 26.1. The molecule has 1 N–H and O–H groups in total. The molecule has 1 aliphatic carbocycles. The number of anilines is 1. The van der Waals surface area contributed by atoms with Crippen molar-refractivity contribution in [2.24, 2.45) is 13.0 Å². The van der Waals surface area contributed by atoms with E-state index in [2.05, 4.69) is 0 Å². The number of allylic oxidation sites excluding steroid dienone is 2. The SMILES string of the molecule is Cn1c(=O)n2n(c1=O)[C@@H]1C[C@H]3C(=O)N(c4cccc(Cl)c4)C(=O)[C@@]3(c3ccccc3)[C@@H](c3c(O)ccc4ccccc34)C1=CC2. The van der Waals surface area contributed by atoms with Gasteiger partial charge in [-0.25, -0.2) is 28.4 Å². The molecule has 1 saturated heterocycles. The summed E-state index contributed by atoms with van der Waals surface area (Å²) in [7, 11) is 1.43. The summed E-state index contributed by atoms with van der Waals surface area (Å²) in [5.74, 6) is -2.72. The van der Waals surface area contributed by atoms with Crippen molar-refractivity contribution in [2.75, 3.05) is 4.90 Å². The molecule has 0 spiro atoms. The maximum atomic E-state index is 15.3. The lowest BCUT2D eigenvalue weighted by atomic mass is 9.52. The fraction of sp³-hybridized carbons (Fsp3) is 0.200. The Labute approximate surface area is 261 Å². The summed E-state index contributed by atoms with van der Waals surface area (Å²) in [6.07, 6.45) is 1.98. The number of carbonyl (C=O) groups is 2. The smallest absolute Gasteiger partial charge is 0.347 e. The number of phenolic OH excluding ortho intramolecular Hbond substituents is 1. The zero-order valence-electron chi connectivity index (χ0n) is 24.1. The molecule has 9 nitrogen and oxygen atoms in total. The quantitative estimate of drug-likeness (QED) is 0.234. The number of rotatable bonds is 3. The summed E-state index contributed by atoms with van der Waals surface area (Å²) in [6.45, 7) is 0.0957. The van der Waals surface area contributed by atoms with Crippen molar-refractivity contribution in [3.63, 3.8) is 0 Å². The highest BCUT2D eigenvalue weighted by Crippen LogP contribution is 2.63. The van der Waals surface area contributed by atoms with Gasteiger partial charge in [0.15, 0.2) is 0 Å². The number of fused-ring (bicyclic) bond motifs is 5. The van der Waals surface area contributed by atoms with Crippen LogP contribution >= 0.6 is 11.6 Å². The molecule has 2 amide bonds. The molecule has 1 aromatic heterocycles. The largest absolute Gasteiger partial charge is 0.508 e. The summed E-state index contributed by atoms with van der Waals surface area (Å²) in [4.78, 5) is 57.9. The van der Waals surface area contributed by atoms with Crippen LogP contribution in [0.1, 0.15) is 29.5 Å². The molecule has 3 heterocycles. The Morgan fingerprint density at radius 3 is 2.40 bits per heavy atom. The van der Waals surface area contributed by atoms with Crippen LogP contribution in [0.15, 0.2) is 112 Å². The van der Waals surface area contributed by atoms with Crippen LogP contribution in [-0.2, 0) is 28.6 Å². The van der Waals surface area contributed by atoms with E-state index in [-0.39, 0.29) is 18.7 Å². The highest BCUT2D eigenvalue weighted by Gasteiger charge is 2.69. The van der Waals surface area contributed by atoms with E-state index in [1.165, 1.54) is 21.3 Å². The Hall–Kier alpha value is -5.15. The first-order valence-electron chi connectivity index (χ1n) is 14.7. The number of phenols is 1. The van der Waals surface area contributed by atoms with Gasteiger partial charge in [0.05, 0.1) is 29.6 Å². The molecule has 1 saturated carbocycles. The number of benzene rings is 4. The van der Waals surface area contributed by atoms with Gasteiger partial charge in [-0.15, -0.1) is 0 Å². The van der Waals surface area contributed by atoms with Gasteiger partial charge in [0.2, 0.25) is 11.8 Å². The summed E-state index contributed by atoms with van der Waals surface area (Å²) in [5.41, 5.74) is -0.311. The lowest BCUT2D eigenvalue weighted by Crippen LogP contribution is -2.53. The first-order valence-corrected chi connectivity index (χ1v) is 15.1. The number of aromatic hydroxyl groups is 1. The maximum Gasteiger partial charge on any atom is 0.347 e. The second-order valence-electron chi connectivity index (χ2n) is 11.9. The van der Waals surface area contributed by atoms with Crippen LogP contribution in [0.25, 0.3) is 10.8 Å². The van der Waals surface area contributed by atoms with Gasteiger partial charge in [0.1, 0.15) is 5.75 Å². The maximum absolute atomic E-state index is 15.3. The van der Waals surface area contributed by atoms with E-state index in [1.807, 2.05) is 66.7 Å². The second-order valence-corrected chi connectivity index (χ2v) is 12.3. The molecule has 2 aliphatic heterocycles. The van der Waals surface area contributed by atoms with Gasteiger partial charge in [-0.1, -0.05) is 84.4 Å². The normalized spacial score (nSPS) is 23.9. The van der Waals surface area contributed by atoms with Crippen LogP contribution in [0, 0.1) is 5.92 Å². The third-order valence-electron chi connectivity index (χ3n) is 9.86. The summed E-state index contributed by atoms with van der Waals surface area (Å²) < 4.78 is 3.85. The third-order valence-corrected chi connectivity index (χ3v) is 10.1. The first-order chi connectivity index (χ1) is 21.7. The van der Waals surface area contributed by atoms with Crippen LogP contribution in [0.4, 0.5) is 5.69 Å². The van der Waals surface area contributed by atoms with E-state index in [1.54, 1.807) is 30.3 Å². The first kappa shape index (κ1) is 27.4. The molecule has 8 rings (SSSR count). The van der Waals surface area contributed by atoms with Crippen molar-refractivity contribution in [3.05, 3.63) is 140 Å². The Morgan fingerprint density at radius 1 is 0.867 bits per heavy atom. The van der Waals surface area contributed by atoms with Crippen molar-refractivity contribution in [2.45, 2.75) is 30.3 Å². The van der Waals surface area contributed by atoms with Gasteiger partial charge < -0.3 is 5.11 Å². The molecule has 0 bridgehead atoms. The van der Waals surface area contributed by atoms with Crippen LogP contribution in [-0.4, -0.2) is 30.9 Å². The number of hydrogen-bond acceptors (Lipinski definition) is 5. The fourth-order valence-electron chi connectivity index (χ4n) is 8.02. The van der Waals surface area contributed by atoms with Crippen molar-refractivity contribution in [1.29, 1.82) is 0 Å². The molecule has 10 heteroatoms. The lowest BCUT2D eigenvalue weighted by molar-refractivity contribution is -0.124. The highest BCUT2D eigenvalue weighted by atomic mass is 35.5. The molecular weight excluding hydrogens is 592 g/mol. The Kier molecular flexibility index (Phi) is 5.89. The Bertz CT molecular complexity index is 2230. The molecule has 2 fully saturated rings. The predicted octanol–water partition coefficient (Wildman–Crippen LogP) is 4.66. The predicted molar refractivity (Wildman–Crippen MR) is 170 cm³/mol. The number of carbonyl (C=O) groups excluding carboxylic acids is 2. The molecule has 224 valence electrons. The van der Waals surface area contributed by atoms with Gasteiger partial charge in [-0.2, -0.15) is 0 Å². The molecule has 5 aromatic rings. The topological polar surface area (TPSA) is 107 Å². The minimum absolute atomic E-state index is 0.0286. The van der Waals surface area contributed by atoms with Gasteiger partial charge in [-0.3, -0.25) is 9.59 Å². The van der Waals surface area contributed by atoms with Gasteiger partial charge in [0.25, 0.3) is 0 Å². The van der Waals surface area contributed by atoms with Crippen molar-refractivity contribution < 1.29 is 14.7 Å². The molecule has 0 radical (unpaired) electrons. The van der Waals surface area contributed by atoms with Crippen LogP contribution in [0.5, 0.6) is 5.75 Å². The highest BCUT2D eigenvalue weighted by molar-refractivity contribution is 6.32. The summed E-state index contributed by atoms with van der Waals surface area (Å²) >= 11 is 6.36. The number of amides is 2. The second kappa shape index (κ2) is 9.67. The van der Waals surface area contributed by atoms with Gasteiger partial charge in [0, 0.05) is 23.6 Å². The average molecular weight is 619 g/mol. The van der Waals surface area contributed by atoms with Gasteiger partial charge >= 0.3 is 11.4 Å². The van der Waals surface area contributed by atoms with Crippen molar-refractivity contribution in [3.8, 4) is 5.75 Å². The van der Waals surface area contributed by atoms with Crippen LogP contribution < -0.4 is 16.3 Å². The minimum atomic E-state index is -1.49. The number of aromatic nitrogens is 3. The monoisotopic (exact) mass is 618 g/mol. The fourth-order valence-corrected chi connectivity index (χ4v) is 8.20. The van der Waals surface area contributed by atoms with E-state index in [9.17, 15) is 19.5 Å². The number of nitrogens with zero attached hydrogens (tertiary/aromatic N) is 4. The van der Waals surface area contributed by atoms with Crippen LogP contribution in [0.2, 0.25) is 5.02 Å². The van der Waals surface area contributed by atoms with E-state index < -0.39 is 46.5 Å². The molecule has 45 heavy (non-hydrogen) atoms. The van der Waals surface area contributed by atoms with Crippen LogP contribution in [0.3, 0.4) is 0 Å². The number of halogens is 1. The Balaban J connectivity index is 1.50. The molecule has 0 unspecified atom stereocenters. The van der Waals surface area contributed by atoms with E-state index in [0.29, 0.717) is 27.4 Å². The third kappa shape index (κ3) is 3.55. The molecular formula is C35H27ClN4O5. The zero-order valence-corrected chi connectivity index (χ0v) is 24.9. The number of imide groups is 1. The zero-order chi connectivity index (χ0) is 31.2. The van der Waals surface area contributed by atoms with Crippen molar-refractivity contribution >= 4 is 39.9 Å². The molecule has 4 aromatic carbocycles. The molecule has 3 aliphatic rings.